The minimum Gasteiger partial charge on any atom is -0.478 e. The van der Waals surface area contributed by atoms with Crippen LogP contribution in [0.1, 0.15) is 15.9 Å². The molecule has 0 heterocycles. The van der Waals surface area contributed by atoms with E-state index in [1.165, 1.54) is 30.3 Å². The van der Waals surface area contributed by atoms with Crippen LogP contribution in [0.3, 0.4) is 0 Å². The second kappa shape index (κ2) is 5.40. The fourth-order valence-electron chi connectivity index (χ4n) is 1.67. The SMILES string of the molecule is Cc1ccc(Oc2ccc([N+](=O)[O-])cc2)cc1C(=O)O. The van der Waals surface area contributed by atoms with Crippen LogP contribution in [0.5, 0.6) is 11.5 Å². The third-order valence-electron chi connectivity index (χ3n) is 2.72. The van der Waals surface area contributed by atoms with Crippen LogP contribution in [0.4, 0.5) is 5.69 Å². The molecule has 0 atom stereocenters. The fourth-order valence-corrected chi connectivity index (χ4v) is 1.67. The van der Waals surface area contributed by atoms with Gasteiger partial charge in [0.15, 0.2) is 0 Å². The van der Waals surface area contributed by atoms with E-state index in [-0.39, 0.29) is 11.3 Å². The fraction of sp³-hybridized carbons (Fsp3) is 0.0714. The highest BCUT2D eigenvalue weighted by molar-refractivity contribution is 5.89. The van der Waals surface area contributed by atoms with Gasteiger partial charge in [-0.3, -0.25) is 10.1 Å². The van der Waals surface area contributed by atoms with Gasteiger partial charge in [0.2, 0.25) is 0 Å². The highest BCUT2D eigenvalue weighted by atomic mass is 16.6. The summed E-state index contributed by atoms with van der Waals surface area (Å²) in [6, 6.07) is 10.3. The van der Waals surface area contributed by atoms with Crippen LogP contribution in [-0.2, 0) is 0 Å². The molecule has 20 heavy (non-hydrogen) atoms. The van der Waals surface area contributed by atoms with Crippen molar-refractivity contribution in [3.63, 3.8) is 0 Å². The van der Waals surface area contributed by atoms with Gasteiger partial charge < -0.3 is 9.84 Å². The smallest absolute Gasteiger partial charge is 0.336 e. The average molecular weight is 273 g/mol. The van der Waals surface area contributed by atoms with Gasteiger partial charge in [0.25, 0.3) is 5.69 Å². The predicted octanol–water partition coefficient (Wildman–Crippen LogP) is 3.39. The van der Waals surface area contributed by atoms with Crippen molar-refractivity contribution < 1.29 is 19.6 Å². The lowest BCUT2D eigenvalue weighted by molar-refractivity contribution is -0.384. The number of non-ortho nitro benzene ring substituents is 1. The highest BCUT2D eigenvalue weighted by Crippen LogP contribution is 2.25. The summed E-state index contributed by atoms with van der Waals surface area (Å²) in [6.45, 7) is 1.69. The number of hydrogen-bond acceptors (Lipinski definition) is 4. The first kappa shape index (κ1) is 13.5. The largest absolute Gasteiger partial charge is 0.478 e. The quantitative estimate of drug-likeness (QED) is 0.681. The average Bonchev–Trinajstić information content (AvgIpc) is 2.41. The first-order chi connectivity index (χ1) is 9.47. The number of carbonyl (C=O) groups is 1. The maximum atomic E-state index is 11.0. The maximum absolute atomic E-state index is 11.0. The summed E-state index contributed by atoms with van der Waals surface area (Å²) in [5.41, 5.74) is 0.755. The van der Waals surface area contributed by atoms with Gasteiger partial charge >= 0.3 is 5.97 Å². The molecule has 0 bridgehead atoms. The molecule has 6 nitrogen and oxygen atoms in total. The standard InChI is InChI=1S/C14H11NO5/c1-9-2-5-12(8-13(9)14(16)17)20-11-6-3-10(4-7-11)15(18)19/h2-8H,1H3,(H,16,17). The van der Waals surface area contributed by atoms with Crippen LogP contribution in [0.2, 0.25) is 0 Å². The van der Waals surface area contributed by atoms with Gasteiger partial charge in [-0.2, -0.15) is 0 Å². The van der Waals surface area contributed by atoms with Crippen molar-refractivity contribution in [3.05, 3.63) is 63.7 Å². The summed E-state index contributed by atoms with van der Waals surface area (Å²) in [7, 11) is 0. The summed E-state index contributed by atoms with van der Waals surface area (Å²) in [6.07, 6.45) is 0. The van der Waals surface area contributed by atoms with Crippen molar-refractivity contribution in [1.82, 2.24) is 0 Å². The number of carboxylic acid groups (broad SMARTS) is 1. The molecule has 2 aromatic carbocycles. The Hall–Kier alpha value is -2.89. The third-order valence-corrected chi connectivity index (χ3v) is 2.72. The Balaban J connectivity index is 2.23. The molecule has 102 valence electrons. The first-order valence-corrected chi connectivity index (χ1v) is 5.73. The van der Waals surface area contributed by atoms with E-state index in [1.54, 1.807) is 19.1 Å². The van der Waals surface area contributed by atoms with E-state index >= 15 is 0 Å². The maximum Gasteiger partial charge on any atom is 0.336 e. The molecular formula is C14H11NO5. The lowest BCUT2D eigenvalue weighted by Crippen LogP contribution is -1.99. The van der Waals surface area contributed by atoms with E-state index in [0.29, 0.717) is 17.1 Å². The number of carboxylic acids is 1. The molecule has 0 aliphatic rings. The number of nitro groups is 1. The minimum absolute atomic E-state index is 0.0347. The second-order valence-corrected chi connectivity index (χ2v) is 4.13. The van der Waals surface area contributed by atoms with Crippen LogP contribution in [0, 0.1) is 17.0 Å². The van der Waals surface area contributed by atoms with Gasteiger partial charge in [0.05, 0.1) is 10.5 Å². The van der Waals surface area contributed by atoms with Crippen molar-refractivity contribution in [2.45, 2.75) is 6.92 Å². The van der Waals surface area contributed by atoms with Crippen molar-refractivity contribution in [1.29, 1.82) is 0 Å². The molecule has 1 N–H and O–H groups in total. The number of nitrogens with zero attached hydrogens (tertiary/aromatic N) is 1. The molecule has 2 rings (SSSR count). The monoisotopic (exact) mass is 273 g/mol. The number of hydrogen-bond donors (Lipinski definition) is 1. The van der Waals surface area contributed by atoms with E-state index < -0.39 is 10.9 Å². The van der Waals surface area contributed by atoms with Gasteiger partial charge in [-0.05, 0) is 36.8 Å². The van der Waals surface area contributed by atoms with E-state index in [2.05, 4.69) is 0 Å². The topological polar surface area (TPSA) is 89.7 Å². The summed E-state index contributed by atoms with van der Waals surface area (Å²) in [5, 5.41) is 19.6. The first-order valence-electron chi connectivity index (χ1n) is 5.73. The summed E-state index contributed by atoms with van der Waals surface area (Å²) in [5.74, 6) is -0.269. The minimum atomic E-state index is -1.03. The zero-order valence-corrected chi connectivity index (χ0v) is 10.6. The van der Waals surface area contributed by atoms with Crippen LogP contribution >= 0.6 is 0 Å². The van der Waals surface area contributed by atoms with E-state index in [0.717, 1.165) is 0 Å². The molecule has 6 heteroatoms. The zero-order chi connectivity index (χ0) is 14.7. The number of benzene rings is 2. The Bertz CT molecular complexity index is 664. The molecule has 0 aromatic heterocycles. The Morgan fingerprint density at radius 1 is 1.15 bits per heavy atom. The normalized spacial score (nSPS) is 10.1. The van der Waals surface area contributed by atoms with Gasteiger partial charge in [0.1, 0.15) is 11.5 Å². The molecular weight excluding hydrogens is 262 g/mol. The lowest BCUT2D eigenvalue weighted by Gasteiger charge is -2.07. The second-order valence-electron chi connectivity index (χ2n) is 4.13. The molecule has 0 aliphatic heterocycles. The zero-order valence-electron chi connectivity index (χ0n) is 10.6. The van der Waals surface area contributed by atoms with E-state index in [4.69, 9.17) is 9.84 Å². The Morgan fingerprint density at radius 3 is 2.30 bits per heavy atom. The summed E-state index contributed by atoms with van der Waals surface area (Å²) < 4.78 is 5.47. The summed E-state index contributed by atoms with van der Waals surface area (Å²) >= 11 is 0. The van der Waals surface area contributed by atoms with Crippen LogP contribution in [-0.4, -0.2) is 16.0 Å². The van der Waals surface area contributed by atoms with Gasteiger partial charge in [-0.25, -0.2) is 4.79 Å². The molecule has 0 spiro atoms. The van der Waals surface area contributed by atoms with Crippen molar-refractivity contribution in [3.8, 4) is 11.5 Å². The Morgan fingerprint density at radius 2 is 1.75 bits per heavy atom. The van der Waals surface area contributed by atoms with Gasteiger partial charge in [-0.15, -0.1) is 0 Å². The molecule has 0 amide bonds. The van der Waals surface area contributed by atoms with Crippen LogP contribution in [0.25, 0.3) is 0 Å². The molecule has 0 radical (unpaired) electrons. The molecule has 0 unspecified atom stereocenters. The molecule has 2 aromatic rings. The predicted molar refractivity (Wildman–Crippen MR) is 71.3 cm³/mol. The van der Waals surface area contributed by atoms with Crippen LogP contribution < -0.4 is 4.74 Å². The lowest BCUT2D eigenvalue weighted by atomic mass is 10.1. The Labute approximate surface area is 114 Å². The Kier molecular flexibility index (Phi) is 3.65. The number of aromatic carboxylic acids is 1. The molecule has 0 saturated heterocycles. The van der Waals surface area contributed by atoms with Gasteiger partial charge in [0, 0.05) is 12.1 Å². The van der Waals surface area contributed by atoms with E-state index in [9.17, 15) is 14.9 Å². The molecule has 0 aliphatic carbocycles. The van der Waals surface area contributed by atoms with Crippen LogP contribution in [0.15, 0.2) is 42.5 Å². The number of aryl methyl sites for hydroxylation is 1. The molecule has 0 saturated carbocycles. The number of ether oxygens (including phenoxy) is 1. The van der Waals surface area contributed by atoms with Crippen molar-refractivity contribution >= 4 is 11.7 Å². The van der Waals surface area contributed by atoms with E-state index in [1.807, 2.05) is 0 Å². The third kappa shape index (κ3) is 2.92. The van der Waals surface area contributed by atoms with Gasteiger partial charge in [-0.1, -0.05) is 6.07 Å². The van der Waals surface area contributed by atoms with Crippen molar-refractivity contribution in [2.75, 3.05) is 0 Å². The molecule has 0 fully saturated rings. The number of rotatable bonds is 4. The van der Waals surface area contributed by atoms with Crippen molar-refractivity contribution in [2.24, 2.45) is 0 Å². The highest BCUT2D eigenvalue weighted by Gasteiger charge is 2.10. The summed E-state index contributed by atoms with van der Waals surface area (Å²) in [4.78, 5) is 21.0. The number of nitro benzene ring substituents is 1.